The highest BCUT2D eigenvalue weighted by Crippen LogP contribution is 2.35. The zero-order valence-corrected chi connectivity index (χ0v) is 10.8. The molecule has 94 valence electrons. The zero-order chi connectivity index (χ0) is 12.0. The summed E-state index contributed by atoms with van der Waals surface area (Å²) in [5, 5.41) is 3.53. The molecule has 3 heteroatoms. The lowest BCUT2D eigenvalue weighted by atomic mass is 9.74. The Morgan fingerprint density at radius 2 is 2.12 bits per heavy atom. The van der Waals surface area contributed by atoms with Crippen molar-refractivity contribution in [3.05, 3.63) is 0 Å². The fourth-order valence-corrected chi connectivity index (χ4v) is 2.37. The third-order valence-corrected chi connectivity index (χ3v) is 3.80. The van der Waals surface area contributed by atoms with Crippen molar-refractivity contribution in [2.45, 2.75) is 70.4 Å². The van der Waals surface area contributed by atoms with Gasteiger partial charge in [0.1, 0.15) is 6.04 Å². The third kappa shape index (κ3) is 3.21. The predicted molar refractivity (Wildman–Crippen MR) is 65.3 cm³/mol. The molecule has 1 rings (SSSR count). The van der Waals surface area contributed by atoms with Crippen LogP contribution in [0.1, 0.15) is 58.8 Å². The fraction of sp³-hybridized carbons (Fsp3) is 0.923. The van der Waals surface area contributed by atoms with Gasteiger partial charge in [0.15, 0.2) is 0 Å². The van der Waals surface area contributed by atoms with Crippen molar-refractivity contribution in [1.29, 1.82) is 0 Å². The largest absolute Gasteiger partial charge is 0.468 e. The van der Waals surface area contributed by atoms with Crippen LogP contribution in [0.4, 0.5) is 0 Å². The van der Waals surface area contributed by atoms with Crippen molar-refractivity contribution in [2.24, 2.45) is 0 Å². The zero-order valence-electron chi connectivity index (χ0n) is 10.8. The average molecular weight is 227 g/mol. The van der Waals surface area contributed by atoms with E-state index in [-0.39, 0.29) is 17.6 Å². The summed E-state index contributed by atoms with van der Waals surface area (Å²) in [5.74, 6) is -0.104. The maximum absolute atomic E-state index is 11.7. The Hall–Kier alpha value is -0.570. The van der Waals surface area contributed by atoms with Crippen LogP contribution >= 0.6 is 0 Å². The van der Waals surface area contributed by atoms with E-state index in [1.807, 2.05) is 0 Å². The van der Waals surface area contributed by atoms with Gasteiger partial charge in [-0.1, -0.05) is 26.7 Å². The summed E-state index contributed by atoms with van der Waals surface area (Å²) in [6.07, 6.45) is 7.87. The van der Waals surface area contributed by atoms with Gasteiger partial charge < -0.3 is 4.74 Å². The summed E-state index contributed by atoms with van der Waals surface area (Å²) < 4.78 is 4.87. The molecule has 0 aliphatic heterocycles. The van der Waals surface area contributed by atoms with Crippen LogP contribution in [0.15, 0.2) is 0 Å². The van der Waals surface area contributed by atoms with Crippen molar-refractivity contribution in [2.75, 3.05) is 7.11 Å². The Labute approximate surface area is 98.9 Å². The molecule has 1 unspecified atom stereocenters. The number of carbonyl (C=O) groups excluding carboxylic acids is 1. The number of unbranched alkanes of at least 4 members (excludes halogenated alkanes) is 1. The molecule has 1 saturated carbocycles. The number of hydrogen-bond acceptors (Lipinski definition) is 3. The quantitative estimate of drug-likeness (QED) is 0.679. The van der Waals surface area contributed by atoms with E-state index < -0.39 is 0 Å². The van der Waals surface area contributed by atoms with E-state index in [2.05, 4.69) is 19.2 Å². The minimum absolute atomic E-state index is 0.104. The molecule has 3 nitrogen and oxygen atoms in total. The van der Waals surface area contributed by atoms with Crippen LogP contribution in [0.2, 0.25) is 0 Å². The Balaban J connectivity index is 2.51. The van der Waals surface area contributed by atoms with Crippen LogP contribution in [-0.2, 0) is 9.53 Å². The second kappa shape index (κ2) is 6.24. The fourth-order valence-electron chi connectivity index (χ4n) is 2.37. The summed E-state index contributed by atoms with van der Waals surface area (Å²) in [5.41, 5.74) is 0.215. The average Bonchev–Trinajstić information content (AvgIpc) is 2.26. The van der Waals surface area contributed by atoms with Gasteiger partial charge in [-0.15, -0.1) is 0 Å². The van der Waals surface area contributed by atoms with E-state index in [1.54, 1.807) is 0 Å². The van der Waals surface area contributed by atoms with E-state index >= 15 is 0 Å². The Bertz CT molecular complexity index is 218. The van der Waals surface area contributed by atoms with Crippen LogP contribution < -0.4 is 5.32 Å². The molecule has 0 spiro atoms. The molecule has 0 aromatic heterocycles. The maximum Gasteiger partial charge on any atom is 0.322 e. The molecule has 0 aromatic carbocycles. The van der Waals surface area contributed by atoms with Crippen LogP contribution in [0, 0.1) is 0 Å². The molecule has 1 fully saturated rings. The second-order valence-electron chi connectivity index (χ2n) is 4.85. The van der Waals surface area contributed by atoms with Crippen LogP contribution in [0.5, 0.6) is 0 Å². The monoisotopic (exact) mass is 227 g/mol. The number of rotatable bonds is 7. The number of ether oxygens (including phenoxy) is 1. The first-order valence-corrected chi connectivity index (χ1v) is 6.53. The molecule has 1 aliphatic carbocycles. The number of carbonyl (C=O) groups is 1. The van der Waals surface area contributed by atoms with E-state index in [0.717, 1.165) is 25.7 Å². The minimum Gasteiger partial charge on any atom is -0.468 e. The molecule has 16 heavy (non-hydrogen) atoms. The van der Waals surface area contributed by atoms with Crippen molar-refractivity contribution < 1.29 is 9.53 Å². The Morgan fingerprint density at radius 3 is 2.50 bits per heavy atom. The number of nitrogens with one attached hydrogen (secondary N) is 1. The Kier molecular flexibility index (Phi) is 5.26. The predicted octanol–water partition coefficient (Wildman–Crippen LogP) is 2.64. The summed E-state index contributed by atoms with van der Waals surface area (Å²) in [6, 6.07) is -0.106. The first kappa shape index (κ1) is 13.5. The van der Waals surface area contributed by atoms with E-state index in [9.17, 15) is 4.79 Å². The third-order valence-electron chi connectivity index (χ3n) is 3.80. The van der Waals surface area contributed by atoms with Gasteiger partial charge >= 0.3 is 5.97 Å². The van der Waals surface area contributed by atoms with Crippen molar-refractivity contribution in [3.63, 3.8) is 0 Å². The molecule has 0 amide bonds. The highest BCUT2D eigenvalue weighted by Gasteiger charge is 2.38. The summed E-state index contributed by atoms with van der Waals surface area (Å²) >= 11 is 0. The van der Waals surface area contributed by atoms with Crippen molar-refractivity contribution in [3.8, 4) is 0 Å². The van der Waals surface area contributed by atoms with Crippen LogP contribution in [0.25, 0.3) is 0 Å². The van der Waals surface area contributed by atoms with E-state index in [4.69, 9.17) is 4.74 Å². The lowest BCUT2D eigenvalue weighted by Gasteiger charge is -2.44. The molecule has 0 heterocycles. The first-order chi connectivity index (χ1) is 7.67. The lowest BCUT2D eigenvalue weighted by molar-refractivity contribution is -0.144. The van der Waals surface area contributed by atoms with Gasteiger partial charge in [-0.2, -0.15) is 0 Å². The molecular formula is C13H25NO2. The number of methoxy groups -OCH3 is 1. The standard InChI is InChI=1S/C13H25NO2/c1-4-6-8-11(12(15)16-3)14-13(5-2)9-7-10-13/h11,14H,4-10H2,1-3H3. The summed E-state index contributed by atoms with van der Waals surface area (Å²) in [7, 11) is 1.47. The van der Waals surface area contributed by atoms with Gasteiger partial charge in [0.25, 0.3) is 0 Å². The molecule has 1 atom stereocenters. The molecule has 0 radical (unpaired) electrons. The summed E-state index contributed by atoms with van der Waals surface area (Å²) in [4.78, 5) is 11.7. The van der Waals surface area contributed by atoms with Gasteiger partial charge in [-0.25, -0.2) is 0 Å². The topological polar surface area (TPSA) is 38.3 Å². The summed E-state index contributed by atoms with van der Waals surface area (Å²) in [6.45, 7) is 4.34. The SMILES string of the molecule is CCCCC(NC1(CC)CCC1)C(=O)OC. The molecule has 1 aliphatic rings. The molecular weight excluding hydrogens is 202 g/mol. The van der Waals surface area contributed by atoms with E-state index in [1.165, 1.54) is 26.4 Å². The smallest absolute Gasteiger partial charge is 0.322 e. The second-order valence-corrected chi connectivity index (χ2v) is 4.85. The minimum atomic E-state index is -0.106. The van der Waals surface area contributed by atoms with Crippen LogP contribution in [0.3, 0.4) is 0 Å². The number of hydrogen-bond donors (Lipinski definition) is 1. The van der Waals surface area contributed by atoms with Crippen molar-refractivity contribution in [1.82, 2.24) is 5.32 Å². The molecule has 1 N–H and O–H groups in total. The maximum atomic E-state index is 11.7. The van der Waals surface area contributed by atoms with E-state index in [0.29, 0.717) is 0 Å². The molecule has 0 aromatic rings. The highest BCUT2D eigenvalue weighted by atomic mass is 16.5. The molecule has 0 saturated heterocycles. The van der Waals surface area contributed by atoms with Gasteiger partial charge in [0, 0.05) is 5.54 Å². The lowest BCUT2D eigenvalue weighted by Crippen LogP contribution is -2.57. The normalized spacial score (nSPS) is 19.9. The van der Waals surface area contributed by atoms with Crippen LogP contribution in [-0.4, -0.2) is 24.7 Å². The van der Waals surface area contributed by atoms with Gasteiger partial charge in [0.05, 0.1) is 7.11 Å². The van der Waals surface area contributed by atoms with Gasteiger partial charge in [-0.05, 0) is 32.1 Å². The highest BCUT2D eigenvalue weighted by molar-refractivity contribution is 5.75. The van der Waals surface area contributed by atoms with Crippen molar-refractivity contribution >= 4 is 5.97 Å². The molecule has 0 bridgehead atoms. The first-order valence-electron chi connectivity index (χ1n) is 6.53. The van der Waals surface area contributed by atoms with Gasteiger partial charge in [-0.3, -0.25) is 10.1 Å². The van der Waals surface area contributed by atoms with Gasteiger partial charge in [0.2, 0.25) is 0 Å². The Morgan fingerprint density at radius 1 is 1.44 bits per heavy atom. The number of esters is 1.